The summed E-state index contributed by atoms with van der Waals surface area (Å²) in [6.45, 7) is 1.96. The molecule has 5 heteroatoms. The summed E-state index contributed by atoms with van der Waals surface area (Å²) in [5, 5.41) is 0.702. The predicted molar refractivity (Wildman–Crippen MR) is 76.1 cm³/mol. The first kappa shape index (κ1) is 13.8. The first-order valence-electron chi connectivity index (χ1n) is 5.87. The van der Waals surface area contributed by atoms with E-state index in [2.05, 4.69) is 10.4 Å². The van der Waals surface area contributed by atoms with Crippen molar-refractivity contribution in [3.8, 4) is 5.75 Å². The lowest BCUT2D eigenvalue weighted by Gasteiger charge is -2.19. The van der Waals surface area contributed by atoms with Crippen molar-refractivity contribution < 1.29 is 4.74 Å². The molecule has 3 N–H and O–H groups in total. The second kappa shape index (κ2) is 6.02. The number of rotatable bonds is 4. The third kappa shape index (κ3) is 2.87. The number of aryl methyl sites for hydroxylation is 1. The number of nitrogens with one attached hydrogen (secondary N) is 1. The molecule has 0 aliphatic heterocycles. The van der Waals surface area contributed by atoms with E-state index in [0.29, 0.717) is 10.8 Å². The Kier molecular flexibility index (Phi) is 4.37. The first-order valence-corrected chi connectivity index (χ1v) is 6.25. The summed E-state index contributed by atoms with van der Waals surface area (Å²) in [4.78, 5) is 4.14. The van der Waals surface area contributed by atoms with E-state index in [0.717, 1.165) is 16.7 Å². The molecule has 0 aliphatic rings. The van der Waals surface area contributed by atoms with Crippen molar-refractivity contribution in [1.82, 2.24) is 10.4 Å². The van der Waals surface area contributed by atoms with Crippen LogP contribution < -0.4 is 16.0 Å². The van der Waals surface area contributed by atoms with Gasteiger partial charge in [0.25, 0.3) is 0 Å². The Labute approximate surface area is 117 Å². The van der Waals surface area contributed by atoms with E-state index in [1.807, 2.05) is 31.2 Å². The summed E-state index contributed by atoms with van der Waals surface area (Å²) in [5.74, 6) is 6.35. The predicted octanol–water partition coefficient (Wildman–Crippen LogP) is 2.60. The Morgan fingerprint density at radius 3 is 2.84 bits per heavy atom. The molecule has 0 bridgehead atoms. The summed E-state index contributed by atoms with van der Waals surface area (Å²) in [6, 6.07) is 7.52. The van der Waals surface area contributed by atoms with Gasteiger partial charge >= 0.3 is 0 Å². The number of benzene rings is 1. The summed E-state index contributed by atoms with van der Waals surface area (Å²) in [5.41, 5.74) is 5.60. The summed E-state index contributed by atoms with van der Waals surface area (Å²) in [6.07, 6.45) is 3.39. The summed E-state index contributed by atoms with van der Waals surface area (Å²) < 4.78 is 5.18. The van der Waals surface area contributed by atoms with Gasteiger partial charge in [-0.25, -0.2) is 5.43 Å². The van der Waals surface area contributed by atoms with Crippen molar-refractivity contribution in [3.63, 3.8) is 0 Å². The number of aromatic nitrogens is 1. The fourth-order valence-corrected chi connectivity index (χ4v) is 2.20. The lowest BCUT2D eigenvalue weighted by Crippen LogP contribution is -2.29. The van der Waals surface area contributed by atoms with Crippen molar-refractivity contribution in [2.75, 3.05) is 7.11 Å². The third-order valence-corrected chi connectivity index (χ3v) is 3.52. The van der Waals surface area contributed by atoms with E-state index in [1.165, 1.54) is 0 Å². The third-order valence-electron chi connectivity index (χ3n) is 3.00. The van der Waals surface area contributed by atoms with E-state index >= 15 is 0 Å². The molecular weight excluding hydrogens is 262 g/mol. The molecule has 0 radical (unpaired) electrons. The van der Waals surface area contributed by atoms with E-state index in [-0.39, 0.29) is 6.04 Å². The molecule has 0 saturated carbocycles. The lowest BCUT2D eigenvalue weighted by molar-refractivity contribution is 0.411. The van der Waals surface area contributed by atoms with Gasteiger partial charge in [0.1, 0.15) is 5.75 Å². The van der Waals surface area contributed by atoms with Crippen molar-refractivity contribution in [1.29, 1.82) is 0 Å². The molecular formula is C14H16ClN3O. The molecule has 100 valence electrons. The molecule has 0 saturated heterocycles. The topological polar surface area (TPSA) is 60.2 Å². The first-order chi connectivity index (χ1) is 9.17. The lowest BCUT2D eigenvalue weighted by atomic mass is 9.99. The number of hydrogen-bond acceptors (Lipinski definition) is 4. The second-order valence-electron chi connectivity index (χ2n) is 4.24. The van der Waals surface area contributed by atoms with Crippen molar-refractivity contribution in [2.45, 2.75) is 13.0 Å². The number of nitrogens with two attached hydrogens (primary N) is 1. The zero-order valence-corrected chi connectivity index (χ0v) is 11.6. The fraction of sp³-hybridized carbons (Fsp3) is 0.214. The number of nitrogens with zero attached hydrogens (tertiary/aromatic N) is 1. The highest BCUT2D eigenvalue weighted by Gasteiger charge is 2.17. The Balaban J connectivity index is 2.46. The molecule has 1 heterocycles. The largest absolute Gasteiger partial charge is 0.495 e. The van der Waals surface area contributed by atoms with Crippen molar-refractivity contribution in [3.05, 3.63) is 58.4 Å². The maximum Gasteiger partial charge on any atom is 0.137 e. The Bertz CT molecular complexity index is 574. The van der Waals surface area contributed by atoms with Crippen LogP contribution in [0.4, 0.5) is 0 Å². The molecule has 0 amide bonds. The van der Waals surface area contributed by atoms with Crippen LogP contribution in [-0.4, -0.2) is 12.1 Å². The average Bonchev–Trinajstić information content (AvgIpc) is 2.44. The smallest absolute Gasteiger partial charge is 0.137 e. The highest BCUT2D eigenvalue weighted by atomic mass is 35.5. The summed E-state index contributed by atoms with van der Waals surface area (Å²) in [7, 11) is 1.60. The fourth-order valence-electron chi connectivity index (χ4n) is 1.96. The van der Waals surface area contributed by atoms with Crippen molar-refractivity contribution >= 4 is 11.6 Å². The Morgan fingerprint density at radius 2 is 2.16 bits per heavy atom. The molecule has 0 aliphatic carbocycles. The second-order valence-corrected chi connectivity index (χ2v) is 4.61. The minimum atomic E-state index is -0.227. The van der Waals surface area contributed by atoms with Gasteiger partial charge in [0.15, 0.2) is 0 Å². The molecule has 0 spiro atoms. The highest BCUT2D eigenvalue weighted by Crippen LogP contribution is 2.30. The molecule has 4 nitrogen and oxygen atoms in total. The van der Waals surface area contributed by atoms with Gasteiger partial charge in [0.05, 0.1) is 19.3 Å². The number of pyridine rings is 1. The van der Waals surface area contributed by atoms with Gasteiger partial charge in [-0.1, -0.05) is 29.8 Å². The maximum absolute atomic E-state index is 6.34. The van der Waals surface area contributed by atoms with Crippen LogP contribution in [0.5, 0.6) is 5.75 Å². The van der Waals surface area contributed by atoms with Crippen LogP contribution in [-0.2, 0) is 0 Å². The average molecular weight is 278 g/mol. The highest BCUT2D eigenvalue weighted by molar-refractivity contribution is 6.32. The molecule has 1 aromatic heterocycles. The van der Waals surface area contributed by atoms with E-state index < -0.39 is 0 Å². The molecule has 1 aromatic carbocycles. The van der Waals surface area contributed by atoms with Crippen LogP contribution >= 0.6 is 11.6 Å². The van der Waals surface area contributed by atoms with E-state index in [4.69, 9.17) is 22.2 Å². The van der Waals surface area contributed by atoms with E-state index in [9.17, 15) is 0 Å². The number of ether oxygens (including phenoxy) is 1. The van der Waals surface area contributed by atoms with Crippen LogP contribution in [0.3, 0.4) is 0 Å². The van der Waals surface area contributed by atoms with Gasteiger partial charge in [0, 0.05) is 11.2 Å². The van der Waals surface area contributed by atoms with Crippen LogP contribution in [0, 0.1) is 6.92 Å². The summed E-state index contributed by atoms with van der Waals surface area (Å²) >= 11 is 6.34. The van der Waals surface area contributed by atoms with Crippen LogP contribution in [0.25, 0.3) is 0 Å². The van der Waals surface area contributed by atoms with Gasteiger partial charge < -0.3 is 4.74 Å². The molecule has 0 fully saturated rings. The zero-order valence-electron chi connectivity index (χ0n) is 10.9. The molecule has 2 rings (SSSR count). The molecule has 19 heavy (non-hydrogen) atoms. The number of methoxy groups -OCH3 is 1. The van der Waals surface area contributed by atoms with Crippen LogP contribution in [0.1, 0.15) is 22.7 Å². The Hall–Kier alpha value is -1.62. The molecule has 1 unspecified atom stereocenters. The SMILES string of the molecule is COc1cncc(C(NN)c2cccc(C)c2Cl)c1. The van der Waals surface area contributed by atoms with E-state index in [1.54, 1.807) is 19.5 Å². The van der Waals surface area contributed by atoms with Gasteiger partial charge in [-0.15, -0.1) is 0 Å². The van der Waals surface area contributed by atoms with Gasteiger partial charge in [0.2, 0.25) is 0 Å². The maximum atomic E-state index is 6.34. The molecule has 2 aromatic rings. The number of hydrazine groups is 1. The van der Waals surface area contributed by atoms with Gasteiger partial charge in [-0.05, 0) is 29.7 Å². The number of halogens is 1. The number of hydrogen-bond donors (Lipinski definition) is 2. The minimum absolute atomic E-state index is 0.227. The minimum Gasteiger partial charge on any atom is -0.495 e. The van der Waals surface area contributed by atoms with Crippen molar-refractivity contribution in [2.24, 2.45) is 5.84 Å². The van der Waals surface area contributed by atoms with Crippen LogP contribution in [0.15, 0.2) is 36.7 Å². The quantitative estimate of drug-likeness (QED) is 0.666. The monoisotopic (exact) mass is 277 g/mol. The van der Waals surface area contributed by atoms with Gasteiger partial charge in [-0.3, -0.25) is 10.8 Å². The zero-order chi connectivity index (χ0) is 13.8. The normalized spacial score (nSPS) is 12.2. The van der Waals surface area contributed by atoms with Gasteiger partial charge in [-0.2, -0.15) is 0 Å². The van der Waals surface area contributed by atoms with Crippen LogP contribution in [0.2, 0.25) is 5.02 Å². The Morgan fingerprint density at radius 1 is 1.37 bits per heavy atom. The molecule has 1 atom stereocenters. The standard InChI is InChI=1S/C14H16ClN3O/c1-9-4-3-5-12(13(9)15)14(18-16)10-6-11(19-2)8-17-7-10/h3-8,14,18H,16H2,1-2H3.